The van der Waals surface area contributed by atoms with Gasteiger partial charge in [-0.2, -0.15) is 0 Å². The van der Waals surface area contributed by atoms with Crippen LogP contribution in [-0.4, -0.2) is 17.7 Å². The van der Waals surface area contributed by atoms with Crippen LogP contribution in [0.3, 0.4) is 0 Å². The minimum Gasteiger partial charge on any atom is -0.444 e. The summed E-state index contributed by atoms with van der Waals surface area (Å²) in [6.07, 6.45) is 7.79. The SMILES string of the molecule is C#CCC(NC(=O)OC(C)(C)C)C1CC1. The number of carbonyl (C=O) groups excluding carboxylic acids is 1. The van der Waals surface area contributed by atoms with E-state index in [4.69, 9.17) is 11.2 Å². The van der Waals surface area contributed by atoms with E-state index in [0.29, 0.717) is 12.3 Å². The fourth-order valence-corrected chi connectivity index (χ4v) is 1.42. The van der Waals surface area contributed by atoms with Gasteiger partial charge >= 0.3 is 6.09 Å². The number of terminal acetylenes is 1. The number of nitrogens with one attached hydrogen (secondary N) is 1. The molecule has 1 saturated carbocycles. The molecule has 0 saturated heterocycles. The molecule has 0 heterocycles. The molecule has 84 valence electrons. The number of hydrogen-bond donors (Lipinski definition) is 1. The van der Waals surface area contributed by atoms with Crippen molar-refractivity contribution in [3.05, 3.63) is 0 Å². The summed E-state index contributed by atoms with van der Waals surface area (Å²) < 4.78 is 5.17. The lowest BCUT2D eigenvalue weighted by Crippen LogP contribution is -2.40. The van der Waals surface area contributed by atoms with Crippen LogP contribution in [0, 0.1) is 18.3 Å². The molecule has 1 N–H and O–H groups in total. The molecule has 1 aliphatic rings. The summed E-state index contributed by atoms with van der Waals surface area (Å²) in [7, 11) is 0. The van der Waals surface area contributed by atoms with E-state index in [1.807, 2.05) is 20.8 Å². The number of hydrogen-bond acceptors (Lipinski definition) is 2. The first-order valence-corrected chi connectivity index (χ1v) is 5.35. The van der Waals surface area contributed by atoms with Gasteiger partial charge in [-0.25, -0.2) is 4.79 Å². The van der Waals surface area contributed by atoms with Crippen LogP contribution in [0.25, 0.3) is 0 Å². The zero-order valence-electron chi connectivity index (χ0n) is 9.67. The van der Waals surface area contributed by atoms with Gasteiger partial charge in [0.2, 0.25) is 0 Å². The van der Waals surface area contributed by atoms with Gasteiger partial charge in [0.25, 0.3) is 0 Å². The first kappa shape index (κ1) is 11.9. The summed E-state index contributed by atoms with van der Waals surface area (Å²) in [5.74, 6) is 3.14. The van der Waals surface area contributed by atoms with Gasteiger partial charge in [0.15, 0.2) is 0 Å². The highest BCUT2D eigenvalue weighted by molar-refractivity contribution is 5.68. The van der Waals surface area contributed by atoms with Crippen molar-refractivity contribution in [1.29, 1.82) is 0 Å². The molecule has 3 nitrogen and oxygen atoms in total. The Morgan fingerprint density at radius 1 is 1.60 bits per heavy atom. The molecule has 0 radical (unpaired) electrons. The number of rotatable bonds is 3. The number of carbonyl (C=O) groups is 1. The zero-order valence-corrected chi connectivity index (χ0v) is 9.67. The first-order chi connectivity index (χ1) is 6.92. The molecule has 0 aromatic carbocycles. The number of amides is 1. The quantitative estimate of drug-likeness (QED) is 0.724. The standard InChI is InChI=1S/C12H19NO2/c1-5-6-10(9-7-8-9)13-11(14)15-12(2,3)4/h1,9-10H,6-8H2,2-4H3,(H,13,14). The minimum atomic E-state index is -0.450. The Labute approximate surface area is 91.6 Å². The van der Waals surface area contributed by atoms with E-state index in [-0.39, 0.29) is 12.1 Å². The fraction of sp³-hybridized carbons (Fsp3) is 0.750. The molecule has 0 aromatic heterocycles. The molecule has 0 bridgehead atoms. The van der Waals surface area contributed by atoms with Gasteiger partial charge in [0.1, 0.15) is 5.60 Å². The van der Waals surface area contributed by atoms with Crippen molar-refractivity contribution in [3.63, 3.8) is 0 Å². The maximum Gasteiger partial charge on any atom is 0.407 e. The van der Waals surface area contributed by atoms with Gasteiger partial charge in [-0.3, -0.25) is 0 Å². The lowest BCUT2D eigenvalue weighted by molar-refractivity contribution is 0.0499. The molecule has 1 aliphatic carbocycles. The summed E-state index contributed by atoms with van der Waals surface area (Å²) in [6.45, 7) is 5.54. The lowest BCUT2D eigenvalue weighted by Gasteiger charge is -2.22. The van der Waals surface area contributed by atoms with E-state index in [1.54, 1.807) is 0 Å². The van der Waals surface area contributed by atoms with Crippen LogP contribution < -0.4 is 5.32 Å². The second kappa shape index (κ2) is 4.57. The van der Waals surface area contributed by atoms with Crippen LogP contribution in [0.4, 0.5) is 4.79 Å². The Hall–Kier alpha value is -1.17. The van der Waals surface area contributed by atoms with Crippen molar-refractivity contribution in [2.24, 2.45) is 5.92 Å². The van der Waals surface area contributed by atoms with Crippen molar-refractivity contribution in [2.45, 2.75) is 51.7 Å². The van der Waals surface area contributed by atoms with Gasteiger partial charge in [-0.15, -0.1) is 12.3 Å². The average Bonchev–Trinajstić information content (AvgIpc) is 2.81. The second-order valence-electron chi connectivity index (χ2n) is 5.00. The molecule has 3 heteroatoms. The zero-order chi connectivity index (χ0) is 11.5. The summed E-state index contributed by atoms with van der Waals surface area (Å²) in [5.41, 5.74) is -0.450. The summed E-state index contributed by atoms with van der Waals surface area (Å²) in [5, 5.41) is 2.83. The Kier molecular flexibility index (Phi) is 3.62. The number of alkyl carbamates (subject to hydrolysis) is 1. The lowest BCUT2D eigenvalue weighted by atomic mass is 10.1. The fourth-order valence-electron chi connectivity index (χ4n) is 1.42. The predicted molar refractivity (Wildman–Crippen MR) is 59.3 cm³/mol. The third kappa shape index (κ3) is 4.73. The van der Waals surface area contributed by atoms with E-state index in [0.717, 1.165) is 12.8 Å². The Balaban J connectivity index is 2.37. The monoisotopic (exact) mass is 209 g/mol. The highest BCUT2D eigenvalue weighted by Gasteiger charge is 2.32. The Morgan fingerprint density at radius 3 is 2.60 bits per heavy atom. The van der Waals surface area contributed by atoms with Gasteiger partial charge in [0, 0.05) is 12.5 Å². The Bertz CT molecular complexity index is 268. The van der Waals surface area contributed by atoms with Gasteiger partial charge in [-0.1, -0.05) is 0 Å². The molecule has 1 rings (SSSR count). The normalized spacial score (nSPS) is 17.7. The van der Waals surface area contributed by atoms with Crippen molar-refractivity contribution in [3.8, 4) is 12.3 Å². The van der Waals surface area contributed by atoms with Crippen LogP contribution in [0.2, 0.25) is 0 Å². The van der Waals surface area contributed by atoms with E-state index in [9.17, 15) is 4.79 Å². The smallest absolute Gasteiger partial charge is 0.407 e. The van der Waals surface area contributed by atoms with Gasteiger partial charge < -0.3 is 10.1 Å². The first-order valence-electron chi connectivity index (χ1n) is 5.35. The molecule has 1 atom stereocenters. The third-order valence-corrected chi connectivity index (χ3v) is 2.23. The molecular formula is C12H19NO2. The van der Waals surface area contributed by atoms with E-state index in [1.165, 1.54) is 0 Å². The van der Waals surface area contributed by atoms with Crippen LogP contribution in [0.1, 0.15) is 40.0 Å². The minimum absolute atomic E-state index is 0.0878. The van der Waals surface area contributed by atoms with Crippen molar-refractivity contribution in [2.75, 3.05) is 0 Å². The summed E-state index contributed by atoms with van der Waals surface area (Å²) in [4.78, 5) is 11.5. The third-order valence-electron chi connectivity index (χ3n) is 2.23. The molecule has 1 unspecified atom stereocenters. The van der Waals surface area contributed by atoms with E-state index in [2.05, 4.69) is 11.2 Å². The molecule has 0 aromatic rings. The molecule has 15 heavy (non-hydrogen) atoms. The average molecular weight is 209 g/mol. The van der Waals surface area contributed by atoms with E-state index < -0.39 is 5.60 Å². The second-order valence-corrected chi connectivity index (χ2v) is 5.00. The van der Waals surface area contributed by atoms with Crippen molar-refractivity contribution >= 4 is 6.09 Å². The van der Waals surface area contributed by atoms with Crippen LogP contribution in [0.5, 0.6) is 0 Å². The molecular weight excluding hydrogens is 190 g/mol. The van der Waals surface area contributed by atoms with Crippen molar-refractivity contribution < 1.29 is 9.53 Å². The highest BCUT2D eigenvalue weighted by Crippen LogP contribution is 2.33. The highest BCUT2D eigenvalue weighted by atomic mass is 16.6. The van der Waals surface area contributed by atoms with Crippen LogP contribution in [0.15, 0.2) is 0 Å². The van der Waals surface area contributed by atoms with Crippen molar-refractivity contribution in [1.82, 2.24) is 5.32 Å². The van der Waals surface area contributed by atoms with Gasteiger partial charge in [0.05, 0.1) is 0 Å². The maximum absolute atomic E-state index is 11.5. The topological polar surface area (TPSA) is 38.3 Å². The van der Waals surface area contributed by atoms with Gasteiger partial charge in [-0.05, 0) is 39.5 Å². The largest absolute Gasteiger partial charge is 0.444 e. The number of ether oxygens (including phenoxy) is 1. The van der Waals surface area contributed by atoms with E-state index >= 15 is 0 Å². The maximum atomic E-state index is 11.5. The molecule has 1 amide bonds. The van der Waals surface area contributed by atoms with Crippen LogP contribution in [-0.2, 0) is 4.74 Å². The Morgan fingerprint density at radius 2 is 2.20 bits per heavy atom. The van der Waals surface area contributed by atoms with Crippen LogP contribution >= 0.6 is 0 Å². The summed E-state index contributed by atoms with van der Waals surface area (Å²) in [6, 6.07) is 0.0878. The predicted octanol–water partition coefficient (Wildman–Crippen LogP) is 2.31. The molecule has 0 aliphatic heterocycles. The molecule has 1 fully saturated rings. The molecule has 0 spiro atoms. The summed E-state index contributed by atoms with van der Waals surface area (Å²) >= 11 is 0.